The van der Waals surface area contributed by atoms with Gasteiger partial charge in [0, 0.05) is 12.1 Å². The van der Waals surface area contributed by atoms with Crippen molar-refractivity contribution in [2.24, 2.45) is 0 Å². The van der Waals surface area contributed by atoms with Crippen LogP contribution in [0.2, 0.25) is 0 Å². The second kappa shape index (κ2) is 4.32. The molecule has 0 fully saturated rings. The monoisotopic (exact) mass is 235 g/mol. The maximum atomic E-state index is 13.1. The van der Waals surface area contributed by atoms with E-state index in [4.69, 9.17) is 4.55 Å². The van der Waals surface area contributed by atoms with Crippen molar-refractivity contribution in [3.05, 3.63) is 28.1 Å². The lowest BCUT2D eigenvalue weighted by Gasteiger charge is -2.03. The fourth-order valence-corrected chi connectivity index (χ4v) is 1.40. The van der Waals surface area contributed by atoms with Crippen LogP contribution in [0.1, 0.15) is 0 Å². The number of nitro benzene ring substituents is 1. The molecule has 0 saturated heterocycles. The van der Waals surface area contributed by atoms with Crippen molar-refractivity contribution in [1.82, 2.24) is 0 Å². The van der Waals surface area contributed by atoms with Crippen LogP contribution in [0.5, 0.6) is 5.75 Å². The summed E-state index contributed by atoms with van der Waals surface area (Å²) in [7, 11) is 1.14. The normalized spacial score (nSPS) is 12.2. The van der Waals surface area contributed by atoms with E-state index in [1.54, 1.807) is 0 Å². The van der Waals surface area contributed by atoms with E-state index in [0.29, 0.717) is 12.1 Å². The second-order valence-corrected chi connectivity index (χ2v) is 3.40. The van der Waals surface area contributed by atoms with Gasteiger partial charge in [0.2, 0.25) is 0 Å². The Morgan fingerprint density at radius 3 is 2.60 bits per heavy atom. The van der Waals surface area contributed by atoms with Crippen LogP contribution in [0.15, 0.2) is 17.0 Å². The standard InChI is InChI=1S/C7H6FNO5S/c1-14-6-2-4(8)7(15(12)13)3-5(6)9(10)11/h2-3H,1H3,(H,12,13). The zero-order chi connectivity index (χ0) is 11.6. The fraction of sp³-hybridized carbons (Fsp3) is 0.143. The lowest BCUT2D eigenvalue weighted by Crippen LogP contribution is -1.99. The number of methoxy groups -OCH3 is 1. The van der Waals surface area contributed by atoms with Crippen molar-refractivity contribution in [1.29, 1.82) is 0 Å². The number of benzene rings is 1. The Labute approximate surface area is 86.1 Å². The highest BCUT2D eigenvalue weighted by atomic mass is 32.2. The smallest absolute Gasteiger partial charge is 0.312 e. The van der Waals surface area contributed by atoms with Gasteiger partial charge < -0.3 is 9.29 Å². The second-order valence-electron chi connectivity index (χ2n) is 2.46. The van der Waals surface area contributed by atoms with E-state index in [0.717, 1.165) is 7.11 Å². The zero-order valence-electron chi connectivity index (χ0n) is 7.47. The first-order chi connectivity index (χ1) is 6.97. The average molecular weight is 235 g/mol. The van der Waals surface area contributed by atoms with Crippen molar-refractivity contribution < 1.29 is 22.8 Å². The molecule has 1 rings (SSSR count). The first kappa shape index (κ1) is 11.5. The van der Waals surface area contributed by atoms with Gasteiger partial charge in [-0.1, -0.05) is 0 Å². The lowest BCUT2D eigenvalue weighted by molar-refractivity contribution is -0.386. The first-order valence-corrected chi connectivity index (χ1v) is 4.70. The van der Waals surface area contributed by atoms with Crippen LogP contribution < -0.4 is 4.74 Å². The summed E-state index contributed by atoms with van der Waals surface area (Å²) in [6, 6.07) is 1.37. The van der Waals surface area contributed by atoms with E-state index < -0.39 is 32.4 Å². The Morgan fingerprint density at radius 2 is 2.20 bits per heavy atom. The summed E-state index contributed by atoms with van der Waals surface area (Å²) >= 11 is -2.61. The molecule has 0 amide bonds. The molecule has 0 heterocycles. The molecule has 1 aromatic rings. The van der Waals surface area contributed by atoms with E-state index in [1.165, 1.54) is 0 Å². The van der Waals surface area contributed by atoms with Crippen molar-refractivity contribution in [2.45, 2.75) is 4.90 Å². The summed E-state index contributed by atoms with van der Waals surface area (Å²) in [4.78, 5) is 9.01. The number of nitro groups is 1. The molecule has 1 N–H and O–H groups in total. The largest absolute Gasteiger partial charge is 0.490 e. The molecule has 0 aliphatic heterocycles. The summed E-state index contributed by atoms with van der Waals surface area (Å²) in [6.07, 6.45) is 0. The van der Waals surface area contributed by atoms with Crippen molar-refractivity contribution in [3.63, 3.8) is 0 Å². The minimum Gasteiger partial charge on any atom is -0.490 e. The Hall–Kier alpha value is -1.54. The van der Waals surface area contributed by atoms with Gasteiger partial charge in [-0.2, -0.15) is 0 Å². The number of rotatable bonds is 3. The van der Waals surface area contributed by atoms with Crippen LogP contribution in [-0.4, -0.2) is 20.8 Å². The molecule has 15 heavy (non-hydrogen) atoms. The average Bonchev–Trinajstić information content (AvgIpc) is 2.16. The van der Waals surface area contributed by atoms with Crippen molar-refractivity contribution in [2.75, 3.05) is 7.11 Å². The van der Waals surface area contributed by atoms with Gasteiger partial charge in [-0.15, -0.1) is 0 Å². The SMILES string of the molecule is COc1cc(F)c(S(=O)O)cc1[N+](=O)[O-]. The molecule has 8 heteroatoms. The van der Waals surface area contributed by atoms with E-state index in [9.17, 15) is 18.7 Å². The Balaban J connectivity index is 3.43. The van der Waals surface area contributed by atoms with Gasteiger partial charge in [-0.3, -0.25) is 10.1 Å². The number of nitrogens with zero attached hydrogens (tertiary/aromatic N) is 1. The summed E-state index contributed by atoms with van der Waals surface area (Å²) in [5.74, 6) is -1.33. The minimum atomic E-state index is -2.61. The molecule has 1 aromatic carbocycles. The Bertz CT molecular complexity index is 436. The van der Waals surface area contributed by atoms with Gasteiger partial charge in [0.25, 0.3) is 0 Å². The molecule has 1 atom stereocenters. The Morgan fingerprint density at radius 1 is 1.60 bits per heavy atom. The highest BCUT2D eigenvalue weighted by Gasteiger charge is 2.21. The van der Waals surface area contributed by atoms with Crippen LogP contribution in [0.4, 0.5) is 10.1 Å². The molecule has 0 radical (unpaired) electrons. The van der Waals surface area contributed by atoms with Crippen molar-refractivity contribution >= 4 is 16.8 Å². The predicted octanol–water partition coefficient (Wildman–Crippen LogP) is 1.32. The van der Waals surface area contributed by atoms with Crippen LogP contribution >= 0.6 is 0 Å². The van der Waals surface area contributed by atoms with Gasteiger partial charge in [-0.05, 0) is 0 Å². The molecule has 6 nitrogen and oxygen atoms in total. The quantitative estimate of drug-likeness (QED) is 0.484. The lowest BCUT2D eigenvalue weighted by atomic mass is 10.3. The topological polar surface area (TPSA) is 89.7 Å². The summed E-state index contributed by atoms with van der Waals surface area (Å²) < 4.78 is 36.9. The van der Waals surface area contributed by atoms with E-state index in [-0.39, 0.29) is 5.75 Å². The third-order valence-electron chi connectivity index (χ3n) is 1.62. The number of hydrogen-bond acceptors (Lipinski definition) is 4. The minimum absolute atomic E-state index is 0.299. The van der Waals surface area contributed by atoms with Crippen LogP contribution in [0.25, 0.3) is 0 Å². The molecule has 1 unspecified atom stereocenters. The first-order valence-electron chi connectivity index (χ1n) is 3.60. The van der Waals surface area contributed by atoms with E-state index >= 15 is 0 Å². The summed E-state index contributed by atoms with van der Waals surface area (Å²) in [5, 5.41) is 10.5. The molecule has 0 aromatic heterocycles. The zero-order valence-corrected chi connectivity index (χ0v) is 8.28. The highest BCUT2D eigenvalue weighted by Crippen LogP contribution is 2.30. The van der Waals surface area contributed by atoms with Crippen LogP contribution in [-0.2, 0) is 11.1 Å². The molecule has 0 spiro atoms. The predicted molar refractivity (Wildman–Crippen MR) is 48.6 cm³/mol. The summed E-state index contributed by atoms with van der Waals surface area (Å²) in [5.41, 5.74) is -0.559. The van der Waals surface area contributed by atoms with Gasteiger partial charge in [0.1, 0.15) is 10.7 Å². The number of hydrogen-bond donors (Lipinski definition) is 1. The molecule has 0 aliphatic rings. The van der Waals surface area contributed by atoms with E-state index in [2.05, 4.69) is 4.74 Å². The fourth-order valence-electron chi connectivity index (χ4n) is 0.964. The molecule has 0 aliphatic carbocycles. The van der Waals surface area contributed by atoms with Gasteiger partial charge >= 0.3 is 5.69 Å². The molecule has 0 saturated carbocycles. The molecular weight excluding hydrogens is 229 g/mol. The maximum Gasteiger partial charge on any atom is 0.312 e. The molecule has 82 valence electrons. The highest BCUT2D eigenvalue weighted by molar-refractivity contribution is 7.79. The molecular formula is C7H6FNO5S. The third kappa shape index (κ3) is 2.28. The van der Waals surface area contributed by atoms with E-state index in [1.807, 2.05) is 0 Å². The van der Waals surface area contributed by atoms with Gasteiger partial charge in [-0.25, -0.2) is 8.60 Å². The van der Waals surface area contributed by atoms with Gasteiger partial charge in [0.15, 0.2) is 16.8 Å². The summed E-state index contributed by atoms with van der Waals surface area (Å²) in [6.45, 7) is 0. The maximum absolute atomic E-state index is 13.1. The third-order valence-corrected chi connectivity index (χ3v) is 2.31. The van der Waals surface area contributed by atoms with Gasteiger partial charge in [0.05, 0.1) is 12.0 Å². The molecule has 0 bridgehead atoms. The Kier molecular flexibility index (Phi) is 3.32. The van der Waals surface area contributed by atoms with Crippen molar-refractivity contribution in [3.8, 4) is 5.75 Å². The van der Waals surface area contributed by atoms with Crippen LogP contribution in [0, 0.1) is 15.9 Å². The number of halogens is 1. The van der Waals surface area contributed by atoms with Crippen LogP contribution in [0.3, 0.4) is 0 Å². The number of ether oxygens (including phenoxy) is 1.